The van der Waals surface area contributed by atoms with E-state index < -0.39 is 0 Å². The van der Waals surface area contributed by atoms with Crippen molar-refractivity contribution in [2.75, 3.05) is 6.54 Å². The molecule has 8 nitrogen and oxygen atoms in total. The molecule has 1 N–H and O–H groups in total. The molecule has 0 saturated carbocycles. The van der Waals surface area contributed by atoms with E-state index >= 15 is 0 Å². The third kappa shape index (κ3) is 3.40. The van der Waals surface area contributed by atoms with Gasteiger partial charge in [-0.3, -0.25) is 19.3 Å². The first-order valence-electron chi connectivity index (χ1n) is 11.2. The number of carbonyl (C=O) groups excluding carboxylic acids is 1. The number of nitrogens with zero attached hydrogens (tertiary/aromatic N) is 5. The molecule has 8 heteroatoms. The predicted molar refractivity (Wildman–Crippen MR) is 128 cm³/mol. The molecule has 168 valence electrons. The summed E-state index contributed by atoms with van der Waals surface area (Å²) < 4.78 is 3.69. The number of nitrogens with one attached hydrogen (secondary N) is 1. The Morgan fingerprint density at radius 2 is 1.82 bits per heavy atom. The molecule has 1 aliphatic heterocycles. The quantitative estimate of drug-likeness (QED) is 0.456. The Kier molecular flexibility index (Phi) is 4.83. The zero-order valence-electron chi connectivity index (χ0n) is 18.4. The summed E-state index contributed by atoms with van der Waals surface area (Å²) in [6.07, 6.45) is 4.02. The highest BCUT2D eigenvalue weighted by Crippen LogP contribution is 2.22. The average Bonchev–Trinajstić information content (AvgIpc) is 3.44. The first kappa shape index (κ1) is 20.2. The number of fused-ring (bicyclic) bond motifs is 2. The molecule has 0 aliphatic carbocycles. The van der Waals surface area contributed by atoms with E-state index in [1.165, 1.54) is 0 Å². The monoisotopic (exact) mass is 450 g/mol. The van der Waals surface area contributed by atoms with Gasteiger partial charge in [0, 0.05) is 24.5 Å². The van der Waals surface area contributed by atoms with Gasteiger partial charge in [0.15, 0.2) is 5.82 Å². The lowest BCUT2D eigenvalue weighted by atomic mass is 10.1. The van der Waals surface area contributed by atoms with Gasteiger partial charge < -0.3 is 9.88 Å². The summed E-state index contributed by atoms with van der Waals surface area (Å²) in [5.41, 5.74) is 4.90. The van der Waals surface area contributed by atoms with Crippen molar-refractivity contribution in [2.45, 2.75) is 19.5 Å². The summed E-state index contributed by atoms with van der Waals surface area (Å²) in [5, 5.41) is 0. The van der Waals surface area contributed by atoms with Gasteiger partial charge in [0.05, 0.1) is 35.5 Å². The fourth-order valence-corrected chi connectivity index (χ4v) is 4.61. The van der Waals surface area contributed by atoms with Crippen LogP contribution in [0.1, 0.15) is 27.4 Å². The van der Waals surface area contributed by atoms with Gasteiger partial charge in [-0.2, -0.15) is 0 Å². The molecule has 0 saturated heterocycles. The van der Waals surface area contributed by atoms with E-state index in [-0.39, 0.29) is 11.5 Å². The molecule has 1 aliphatic rings. The molecule has 0 unspecified atom stereocenters. The average molecular weight is 451 g/mol. The van der Waals surface area contributed by atoms with Gasteiger partial charge >= 0.3 is 0 Å². The van der Waals surface area contributed by atoms with E-state index in [0.717, 1.165) is 33.5 Å². The maximum atomic E-state index is 13.5. The highest BCUT2D eigenvalue weighted by molar-refractivity contribution is 5.94. The van der Waals surface area contributed by atoms with Crippen LogP contribution in [0.25, 0.3) is 16.7 Å². The summed E-state index contributed by atoms with van der Waals surface area (Å²) >= 11 is 0. The molecule has 34 heavy (non-hydrogen) atoms. The predicted octanol–water partition coefficient (Wildman–Crippen LogP) is 3.16. The number of carbonyl (C=O) groups is 1. The molecule has 0 atom stereocenters. The van der Waals surface area contributed by atoms with E-state index in [1.54, 1.807) is 22.0 Å². The minimum atomic E-state index is -0.172. The number of imidazole rings is 1. The summed E-state index contributed by atoms with van der Waals surface area (Å²) in [6.45, 7) is 1.27. The number of H-pyrrole nitrogens is 1. The molecule has 6 rings (SSSR count). The maximum absolute atomic E-state index is 13.5. The van der Waals surface area contributed by atoms with Crippen LogP contribution in [-0.4, -0.2) is 41.7 Å². The largest absolute Gasteiger partial charge is 0.334 e. The lowest BCUT2D eigenvalue weighted by Gasteiger charge is -2.27. The number of pyridine rings is 1. The van der Waals surface area contributed by atoms with Crippen molar-refractivity contribution >= 4 is 16.9 Å². The van der Waals surface area contributed by atoms with Gasteiger partial charge in [-0.05, 0) is 42.3 Å². The Bertz CT molecular complexity index is 1520. The van der Waals surface area contributed by atoms with Gasteiger partial charge in [-0.15, -0.1) is 0 Å². The number of rotatable bonds is 4. The zero-order valence-corrected chi connectivity index (χ0v) is 18.4. The van der Waals surface area contributed by atoms with Crippen LogP contribution in [0.3, 0.4) is 0 Å². The van der Waals surface area contributed by atoms with Crippen molar-refractivity contribution in [3.8, 4) is 5.69 Å². The Morgan fingerprint density at radius 1 is 1.00 bits per heavy atom. The third-order valence-electron chi connectivity index (χ3n) is 6.26. The Morgan fingerprint density at radius 3 is 2.62 bits per heavy atom. The fraction of sp³-hybridized carbons (Fsp3) is 0.154. The number of aromatic amines is 1. The summed E-state index contributed by atoms with van der Waals surface area (Å²) in [6, 6.07) is 21.1. The standard InChI is InChI=1S/C26H22N6O2/c33-25-20-12-14-30(26(34)24-28-21-10-4-5-11-22(21)29-24)17-23(20)31(16-18-7-6-13-27-15-18)32(25)19-8-2-1-3-9-19/h1-11,13,15H,12,14,16-17H2,(H,28,29). The van der Waals surface area contributed by atoms with Crippen LogP contribution in [0.5, 0.6) is 0 Å². The molecule has 0 fully saturated rings. The van der Waals surface area contributed by atoms with Gasteiger partial charge in [0.2, 0.25) is 0 Å². The number of para-hydroxylation sites is 3. The second kappa shape index (κ2) is 8.15. The Labute approximate surface area is 195 Å². The maximum Gasteiger partial charge on any atom is 0.290 e. The van der Waals surface area contributed by atoms with Gasteiger partial charge in [0.25, 0.3) is 11.5 Å². The number of amides is 1. The Hall–Kier alpha value is -4.46. The number of hydrogen-bond donors (Lipinski definition) is 1. The Balaban J connectivity index is 1.41. The van der Waals surface area contributed by atoms with E-state index in [1.807, 2.05) is 71.4 Å². The summed E-state index contributed by atoms with van der Waals surface area (Å²) in [5.74, 6) is 0.142. The highest BCUT2D eigenvalue weighted by Gasteiger charge is 2.30. The van der Waals surface area contributed by atoms with Crippen molar-refractivity contribution in [3.63, 3.8) is 0 Å². The molecule has 2 aromatic carbocycles. The lowest BCUT2D eigenvalue weighted by molar-refractivity contribution is 0.0718. The van der Waals surface area contributed by atoms with E-state index in [4.69, 9.17) is 0 Å². The molecule has 3 aromatic heterocycles. The molecular weight excluding hydrogens is 428 g/mol. The molecular formula is C26H22N6O2. The van der Waals surface area contributed by atoms with Crippen molar-refractivity contribution in [1.82, 2.24) is 29.2 Å². The highest BCUT2D eigenvalue weighted by atomic mass is 16.2. The smallest absolute Gasteiger partial charge is 0.290 e. The fourth-order valence-electron chi connectivity index (χ4n) is 4.61. The topological polar surface area (TPSA) is 88.8 Å². The number of benzene rings is 2. The first-order valence-corrected chi connectivity index (χ1v) is 11.2. The summed E-state index contributed by atoms with van der Waals surface area (Å²) in [7, 11) is 0. The first-order chi connectivity index (χ1) is 16.7. The van der Waals surface area contributed by atoms with Gasteiger partial charge in [-0.25, -0.2) is 9.67 Å². The van der Waals surface area contributed by atoms with Crippen LogP contribution in [0.2, 0.25) is 0 Å². The molecule has 4 heterocycles. The number of aromatic nitrogens is 5. The van der Waals surface area contributed by atoms with Crippen molar-refractivity contribution in [3.05, 3.63) is 112 Å². The van der Waals surface area contributed by atoms with Crippen LogP contribution in [-0.2, 0) is 19.5 Å². The SMILES string of the molecule is O=C(c1nc2ccccc2[nH]1)N1CCc2c(n(Cc3cccnc3)n(-c3ccccc3)c2=O)C1. The van der Waals surface area contributed by atoms with Gasteiger partial charge in [-0.1, -0.05) is 36.4 Å². The van der Waals surface area contributed by atoms with Crippen molar-refractivity contribution < 1.29 is 4.79 Å². The van der Waals surface area contributed by atoms with Crippen LogP contribution in [0, 0.1) is 0 Å². The van der Waals surface area contributed by atoms with Crippen molar-refractivity contribution in [1.29, 1.82) is 0 Å². The lowest BCUT2D eigenvalue weighted by Crippen LogP contribution is -2.38. The molecule has 0 bridgehead atoms. The van der Waals surface area contributed by atoms with Gasteiger partial charge in [0.1, 0.15) is 0 Å². The van der Waals surface area contributed by atoms with Crippen LogP contribution in [0.4, 0.5) is 0 Å². The van der Waals surface area contributed by atoms with Crippen LogP contribution in [0.15, 0.2) is 83.9 Å². The normalized spacial score (nSPS) is 13.2. The molecule has 1 amide bonds. The van der Waals surface area contributed by atoms with E-state index in [9.17, 15) is 9.59 Å². The van der Waals surface area contributed by atoms with Crippen LogP contribution >= 0.6 is 0 Å². The summed E-state index contributed by atoms with van der Waals surface area (Å²) in [4.78, 5) is 40.4. The van der Waals surface area contributed by atoms with E-state index in [0.29, 0.717) is 31.9 Å². The second-order valence-electron chi connectivity index (χ2n) is 8.38. The third-order valence-corrected chi connectivity index (χ3v) is 6.26. The van der Waals surface area contributed by atoms with E-state index in [2.05, 4.69) is 15.0 Å². The molecule has 0 radical (unpaired) electrons. The van der Waals surface area contributed by atoms with Crippen molar-refractivity contribution in [2.24, 2.45) is 0 Å². The minimum Gasteiger partial charge on any atom is -0.334 e. The zero-order chi connectivity index (χ0) is 23.1. The minimum absolute atomic E-state index is 0.0408. The number of hydrogen-bond acceptors (Lipinski definition) is 4. The second-order valence-corrected chi connectivity index (χ2v) is 8.38. The molecule has 0 spiro atoms. The van der Waals surface area contributed by atoms with Crippen LogP contribution < -0.4 is 5.56 Å². The molecule has 5 aromatic rings.